The maximum atomic E-state index is 12.1. The normalized spacial score (nSPS) is 23.7. The van der Waals surface area contributed by atoms with Crippen molar-refractivity contribution >= 4 is 17.4 Å². The van der Waals surface area contributed by atoms with Crippen LogP contribution in [0.3, 0.4) is 0 Å². The van der Waals surface area contributed by atoms with Crippen LogP contribution in [-0.2, 0) is 13.0 Å². The minimum absolute atomic E-state index is 0.0168. The zero-order valence-electron chi connectivity index (χ0n) is 18.3. The lowest BCUT2D eigenvalue weighted by Gasteiger charge is -2.44. The first-order chi connectivity index (χ1) is 15.2. The molecule has 1 aromatic heterocycles. The Balaban J connectivity index is 1.16. The van der Waals surface area contributed by atoms with Crippen LogP contribution in [0, 0.1) is 0 Å². The Bertz CT molecular complexity index is 901. The second-order valence-electron chi connectivity index (χ2n) is 8.88. The molecular formula is C24H32N4O2S. The molecule has 0 atom stereocenters. The summed E-state index contributed by atoms with van der Waals surface area (Å²) in [6, 6.07) is 9.12. The summed E-state index contributed by atoms with van der Waals surface area (Å²) >= 11 is 1.70. The predicted molar refractivity (Wildman–Crippen MR) is 124 cm³/mol. The molecule has 1 saturated carbocycles. The summed E-state index contributed by atoms with van der Waals surface area (Å²) < 4.78 is 6.21. The lowest BCUT2D eigenvalue weighted by atomic mass is 9.86. The molecule has 2 aliphatic heterocycles. The third-order valence-corrected chi connectivity index (χ3v) is 7.86. The first-order valence-electron chi connectivity index (χ1n) is 11.7. The van der Waals surface area contributed by atoms with E-state index < -0.39 is 0 Å². The number of piperidine rings is 1. The number of fused-ring (bicyclic) bond motifs is 1. The van der Waals surface area contributed by atoms with E-state index in [1.165, 1.54) is 37.2 Å². The van der Waals surface area contributed by atoms with Crippen molar-refractivity contribution in [3.05, 3.63) is 34.8 Å². The van der Waals surface area contributed by atoms with Crippen LogP contribution in [-0.4, -0.2) is 59.1 Å². The van der Waals surface area contributed by atoms with Crippen LogP contribution in [0.2, 0.25) is 0 Å². The molecule has 166 valence electrons. The van der Waals surface area contributed by atoms with Gasteiger partial charge in [0.1, 0.15) is 16.9 Å². The van der Waals surface area contributed by atoms with E-state index in [1.54, 1.807) is 11.3 Å². The number of ether oxygens (including phenoxy) is 1. The summed E-state index contributed by atoms with van der Waals surface area (Å²) in [4.78, 5) is 22.7. The maximum Gasteiger partial charge on any atom is 0.317 e. The molecule has 2 fully saturated rings. The van der Waals surface area contributed by atoms with Crippen LogP contribution in [0.15, 0.2) is 24.3 Å². The van der Waals surface area contributed by atoms with Gasteiger partial charge in [-0.3, -0.25) is 0 Å². The van der Waals surface area contributed by atoms with Crippen molar-refractivity contribution in [3.8, 4) is 16.3 Å². The Morgan fingerprint density at radius 2 is 1.94 bits per heavy atom. The second-order valence-corrected chi connectivity index (χ2v) is 9.97. The van der Waals surface area contributed by atoms with E-state index in [2.05, 4.69) is 34.5 Å². The van der Waals surface area contributed by atoms with Crippen LogP contribution in [0.1, 0.15) is 49.6 Å². The fourth-order valence-electron chi connectivity index (χ4n) is 4.84. The highest BCUT2D eigenvalue weighted by Gasteiger charge is 2.35. The Hall–Kier alpha value is -2.12. The van der Waals surface area contributed by atoms with Crippen molar-refractivity contribution in [2.75, 3.05) is 26.2 Å². The van der Waals surface area contributed by atoms with Crippen LogP contribution in [0.5, 0.6) is 5.75 Å². The molecule has 2 amide bonds. The zero-order valence-corrected chi connectivity index (χ0v) is 19.1. The number of hydrogen-bond acceptors (Lipinski definition) is 5. The van der Waals surface area contributed by atoms with Crippen molar-refractivity contribution in [3.63, 3.8) is 0 Å². The van der Waals surface area contributed by atoms with Crippen LogP contribution in [0.4, 0.5) is 4.79 Å². The SMILES string of the molecule is CCNC(=O)N1CCc2nc(-c3ccc(O[C@H]4C[C@H](N5CCCCC5)C4)cc3)sc2C1. The third-order valence-electron chi connectivity index (χ3n) is 6.73. The van der Waals surface area contributed by atoms with Gasteiger partial charge in [-0.15, -0.1) is 11.3 Å². The van der Waals surface area contributed by atoms with Gasteiger partial charge in [0.05, 0.1) is 12.2 Å². The van der Waals surface area contributed by atoms with Crippen LogP contribution in [0.25, 0.3) is 10.6 Å². The molecule has 0 radical (unpaired) electrons. The molecule has 1 N–H and O–H groups in total. The third kappa shape index (κ3) is 4.58. The highest BCUT2D eigenvalue weighted by molar-refractivity contribution is 7.15. The minimum Gasteiger partial charge on any atom is -0.490 e. The largest absolute Gasteiger partial charge is 0.490 e. The first kappa shape index (κ1) is 20.8. The van der Waals surface area contributed by atoms with Gasteiger partial charge in [-0.05, 0) is 57.1 Å². The summed E-state index contributed by atoms with van der Waals surface area (Å²) in [5.41, 5.74) is 2.26. The number of nitrogens with one attached hydrogen (secondary N) is 1. The van der Waals surface area contributed by atoms with Gasteiger partial charge in [-0.25, -0.2) is 9.78 Å². The summed E-state index contributed by atoms with van der Waals surface area (Å²) in [6.45, 7) is 6.53. The molecule has 1 aromatic carbocycles. The number of carbonyl (C=O) groups excluding carboxylic acids is 1. The molecule has 0 unspecified atom stereocenters. The minimum atomic E-state index is 0.0168. The van der Waals surface area contributed by atoms with E-state index in [0.29, 0.717) is 19.2 Å². The van der Waals surface area contributed by atoms with Gasteiger partial charge in [0.2, 0.25) is 0 Å². The fraction of sp³-hybridized carbons (Fsp3) is 0.583. The molecule has 1 saturated heterocycles. The van der Waals surface area contributed by atoms with Gasteiger partial charge in [0, 0.05) is 48.8 Å². The molecule has 3 aliphatic rings. The lowest BCUT2D eigenvalue weighted by molar-refractivity contribution is 0.00893. The fourth-order valence-corrected chi connectivity index (χ4v) is 5.97. The number of carbonyl (C=O) groups is 1. The Morgan fingerprint density at radius 3 is 2.68 bits per heavy atom. The molecule has 5 rings (SSSR count). The highest BCUT2D eigenvalue weighted by atomic mass is 32.1. The summed E-state index contributed by atoms with van der Waals surface area (Å²) in [5, 5.41) is 3.92. The number of rotatable bonds is 5. The van der Waals surface area contributed by atoms with E-state index in [-0.39, 0.29) is 6.03 Å². The number of thiazole rings is 1. The topological polar surface area (TPSA) is 57.7 Å². The standard InChI is InChI=1S/C24H32N4O2S/c1-2-25-24(29)28-13-10-21-22(16-28)31-23(26-21)17-6-8-19(9-7-17)30-20-14-18(15-20)27-11-4-3-5-12-27/h6-9,18,20H,2-5,10-16H2,1H3,(H,25,29)/t18-,20-. The van der Waals surface area contributed by atoms with Gasteiger partial charge in [0.25, 0.3) is 0 Å². The predicted octanol–water partition coefficient (Wildman–Crippen LogP) is 4.29. The molecule has 1 aliphatic carbocycles. The van der Waals surface area contributed by atoms with Gasteiger partial charge >= 0.3 is 6.03 Å². The lowest BCUT2D eigenvalue weighted by Crippen LogP contribution is -2.50. The number of amides is 2. The molecule has 0 bridgehead atoms. The molecule has 3 heterocycles. The molecule has 6 nitrogen and oxygen atoms in total. The highest BCUT2D eigenvalue weighted by Crippen LogP contribution is 2.34. The van der Waals surface area contributed by atoms with Gasteiger partial charge in [-0.2, -0.15) is 0 Å². The Kier molecular flexibility index (Phi) is 6.14. The summed E-state index contributed by atoms with van der Waals surface area (Å²) in [6.07, 6.45) is 7.59. The van der Waals surface area contributed by atoms with E-state index in [0.717, 1.165) is 53.9 Å². The average molecular weight is 441 g/mol. The Morgan fingerprint density at radius 1 is 1.16 bits per heavy atom. The summed E-state index contributed by atoms with van der Waals surface area (Å²) in [5.74, 6) is 0.953. The number of likely N-dealkylation sites (tertiary alicyclic amines) is 1. The van der Waals surface area contributed by atoms with Crippen molar-refractivity contribution in [2.45, 2.75) is 64.1 Å². The smallest absolute Gasteiger partial charge is 0.317 e. The van der Waals surface area contributed by atoms with Gasteiger partial charge in [-0.1, -0.05) is 6.42 Å². The zero-order chi connectivity index (χ0) is 21.2. The quantitative estimate of drug-likeness (QED) is 0.753. The number of benzene rings is 1. The first-order valence-corrected chi connectivity index (χ1v) is 12.5. The van der Waals surface area contributed by atoms with Crippen molar-refractivity contribution in [1.29, 1.82) is 0 Å². The average Bonchev–Trinajstić information content (AvgIpc) is 3.20. The van der Waals surface area contributed by atoms with Crippen LogP contribution >= 0.6 is 11.3 Å². The molecule has 7 heteroatoms. The molecule has 2 aromatic rings. The van der Waals surface area contributed by atoms with E-state index in [4.69, 9.17) is 9.72 Å². The van der Waals surface area contributed by atoms with Crippen LogP contribution < -0.4 is 10.1 Å². The van der Waals surface area contributed by atoms with Gasteiger partial charge in [0.15, 0.2) is 0 Å². The Labute approximate surface area is 188 Å². The molecular weight excluding hydrogens is 408 g/mol. The molecule has 0 spiro atoms. The van der Waals surface area contributed by atoms with Crippen molar-refractivity contribution < 1.29 is 9.53 Å². The number of nitrogens with zero attached hydrogens (tertiary/aromatic N) is 3. The van der Waals surface area contributed by atoms with E-state index in [1.807, 2.05) is 11.8 Å². The summed E-state index contributed by atoms with van der Waals surface area (Å²) in [7, 11) is 0. The van der Waals surface area contributed by atoms with Crippen molar-refractivity contribution in [1.82, 2.24) is 20.1 Å². The van der Waals surface area contributed by atoms with E-state index in [9.17, 15) is 4.79 Å². The maximum absolute atomic E-state index is 12.1. The number of aromatic nitrogens is 1. The second kappa shape index (κ2) is 9.17. The van der Waals surface area contributed by atoms with E-state index >= 15 is 0 Å². The van der Waals surface area contributed by atoms with Gasteiger partial charge < -0.3 is 19.9 Å². The number of hydrogen-bond donors (Lipinski definition) is 1. The van der Waals surface area contributed by atoms with Crippen molar-refractivity contribution in [2.24, 2.45) is 0 Å². The number of urea groups is 1. The molecule has 31 heavy (non-hydrogen) atoms. The monoisotopic (exact) mass is 440 g/mol.